The third-order valence-electron chi connectivity index (χ3n) is 14.7. The maximum Gasteiger partial charge on any atom is 0.195 e. The molecule has 4 heteroatoms. The van der Waals surface area contributed by atoms with Crippen LogP contribution >= 0.6 is 45.2 Å². The molecule has 0 atom stereocenters. The van der Waals surface area contributed by atoms with Crippen molar-refractivity contribution in [3.05, 3.63) is 74.1 Å². The minimum Gasteiger partial charge on any atom is -0.289 e. The van der Waals surface area contributed by atoms with Gasteiger partial charge >= 0.3 is 0 Å². The van der Waals surface area contributed by atoms with E-state index in [1.165, 1.54) is 228 Å². The van der Waals surface area contributed by atoms with E-state index in [2.05, 4.69) is 97.1 Å². The predicted molar refractivity (Wildman–Crippen MR) is 302 cm³/mol. The third-order valence-corrected chi connectivity index (χ3v) is 16.9. The van der Waals surface area contributed by atoms with Crippen molar-refractivity contribution in [2.24, 2.45) is 0 Å². The molecule has 0 aliphatic rings. The van der Waals surface area contributed by atoms with Crippen molar-refractivity contribution in [2.45, 2.75) is 259 Å². The molecule has 5 aromatic rings. The van der Waals surface area contributed by atoms with Crippen molar-refractivity contribution in [1.29, 1.82) is 0 Å². The lowest BCUT2D eigenvalue weighted by atomic mass is 9.93. The number of hydrogen-bond donors (Lipinski definition) is 0. The summed E-state index contributed by atoms with van der Waals surface area (Å²) >= 11 is 4.91. The molecule has 0 aliphatic carbocycles. The molecule has 0 N–H and O–H groups in total. The Labute approximate surface area is 418 Å². The Morgan fingerprint density at radius 3 is 0.719 bits per heavy atom. The molecule has 0 aromatic heterocycles. The molecular weight excluding hydrogens is 1010 g/mol. The van der Waals surface area contributed by atoms with E-state index in [1.54, 1.807) is 0 Å². The van der Waals surface area contributed by atoms with Gasteiger partial charge in [-0.15, -0.1) is 0 Å². The smallest absolute Gasteiger partial charge is 0.195 e. The standard InChI is InChI=1S/C60H88I2O2/c1-5-9-13-17-21-25-29-33-37-45-41-49-51(43-47(45)39-35-31-27-23-19-15-11-7-3)59(63)55-53(49)57(61)56-54(58(55)62)50-42-46(38-34-30-26-22-18-14-10-6-2)48(44-52(50)60(56)64)40-36-32-28-24-20-16-12-8-4/h41-44H,5-40H2,1-4H3. The van der Waals surface area contributed by atoms with Crippen molar-refractivity contribution < 1.29 is 0 Å². The fraction of sp³-hybridized carbons (Fsp3) is 0.667. The SMILES string of the molecule is CCCCCCCCCCc1cc2c(=O)c3c(I)c4c(c(I)c3c2cc1CCCCCCCCCC)c(=O)c1cc(CCCCCCCCCC)c(CCCCCCCCCC)cc14. The zero-order chi connectivity index (χ0) is 45.5. The van der Waals surface area contributed by atoms with Gasteiger partial charge in [0.2, 0.25) is 0 Å². The highest BCUT2D eigenvalue weighted by molar-refractivity contribution is 14.1. The molecule has 0 saturated heterocycles. The van der Waals surface area contributed by atoms with E-state index in [1.807, 2.05) is 0 Å². The normalized spacial score (nSPS) is 12.1. The maximum atomic E-state index is 14.8. The highest BCUT2D eigenvalue weighted by atomic mass is 127. The van der Waals surface area contributed by atoms with Crippen LogP contribution in [0.5, 0.6) is 0 Å². The molecule has 0 radical (unpaired) electrons. The molecule has 0 amide bonds. The van der Waals surface area contributed by atoms with Gasteiger partial charge in [-0.2, -0.15) is 0 Å². The van der Waals surface area contributed by atoms with Crippen LogP contribution in [0.2, 0.25) is 0 Å². The van der Waals surface area contributed by atoms with E-state index in [0.29, 0.717) is 0 Å². The zero-order valence-corrected chi connectivity index (χ0v) is 45.7. The summed E-state index contributed by atoms with van der Waals surface area (Å²) in [4.78, 5) is 29.6. The molecule has 5 rings (SSSR count). The van der Waals surface area contributed by atoms with Crippen molar-refractivity contribution >= 4 is 88.3 Å². The Hall–Kier alpha value is -1.54. The quantitative estimate of drug-likeness (QED) is 0.0296. The van der Waals surface area contributed by atoms with Gasteiger partial charge in [0.25, 0.3) is 0 Å². The summed E-state index contributed by atoms with van der Waals surface area (Å²) < 4.78 is 1.97. The Morgan fingerprint density at radius 1 is 0.281 bits per heavy atom. The van der Waals surface area contributed by atoms with Gasteiger partial charge in [-0.3, -0.25) is 9.59 Å². The Kier molecular flexibility index (Phi) is 25.1. The Morgan fingerprint density at radius 2 is 0.484 bits per heavy atom. The molecule has 5 aromatic carbocycles. The van der Waals surface area contributed by atoms with Crippen LogP contribution in [0.15, 0.2) is 33.9 Å². The summed E-state index contributed by atoms with van der Waals surface area (Å²) in [6.45, 7) is 9.17. The summed E-state index contributed by atoms with van der Waals surface area (Å²) in [7, 11) is 0. The van der Waals surface area contributed by atoms with Crippen molar-refractivity contribution in [1.82, 2.24) is 0 Å². The minimum atomic E-state index is 0.164. The van der Waals surface area contributed by atoms with Gasteiger partial charge in [-0.25, -0.2) is 0 Å². The van der Waals surface area contributed by atoms with Crippen LogP contribution in [-0.4, -0.2) is 0 Å². The fourth-order valence-electron chi connectivity index (χ4n) is 10.8. The van der Waals surface area contributed by atoms with Crippen LogP contribution in [0.4, 0.5) is 0 Å². The average molecular weight is 1100 g/mol. The van der Waals surface area contributed by atoms with E-state index in [-0.39, 0.29) is 10.9 Å². The summed E-state index contributed by atoms with van der Waals surface area (Å²) in [5.41, 5.74) is 5.98. The second-order valence-electron chi connectivity index (χ2n) is 20.0. The van der Waals surface area contributed by atoms with Gasteiger partial charge in [-0.05, 0) is 142 Å². The second-order valence-corrected chi connectivity index (χ2v) is 22.2. The minimum absolute atomic E-state index is 0.164. The Balaban J connectivity index is 1.48. The van der Waals surface area contributed by atoms with Gasteiger partial charge < -0.3 is 0 Å². The first-order valence-corrected chi connectivity index (χ1v) is 29.5. The monoisotopic (exact) mass is 1090 g/mol. The number of halogens is 2. The lowest BCUT2D eigenvalue weighted by molar-refractivity contribution is 0.571. The predicted octanol–water partition coefficient (Wildman–Crippen LogP) is 19.8. The van der Waals surface area contributed by atoms with Gasteiger partial charge in [0.05, 0.1) is 0 Å². The first kappa shape index (κ1) is 53.4. The topological polar surface area (TPSA) is 34.1 Å². The van der Waals surface area contributed by atoms with Gasteiger partial charge in [0.1, 0.15) is 0 Å². The number of benzene rings is 3. The number of rotatable bonds is 36. The lowest BCUT2D eigenvalue weighted by Crippen LogP contribution is -2.01. The van der Waals surface area contributed by atoms with Crippen molar-refractivity contribution in [2.75, 3.05) is 0 Å². The van der Waals surface area contributed by atoms with Crippen LogP contribution < -0.4 is 10.9 Å². The first-order chi connectivity index (χ1) is 31.4. The van der Waals surface area contributed by atoms with Gasteiger partial charge in [0, 0.05) is 39.5 Å². The molecule has 0 bridgehead atoms. The van der Waals surface area contributed by atoms with E-state index in [4.69, 9.17) is 0 Å². The maximum absolute atomic E-state index is 14.8. The molecule has 0 aliphatic heterocycles. The van der Waals surface area contributed by atoms with Crippen LogP contribution in [0.3, 0.4) is 0 Å². The highest BCUT2D eigenvalue weighted by Crippen LogP contribution is 2.42. The van der Waals surface area contributed by atoms with Crippen LogP contribution in [0, 0.1) is 7.14 Å². The molecule has 0 unspecified atom stereocenters. The molecule has 0 saturated carbocycles. The molecule has 64 heavy (non-hydrogen) atoms. The molecule has 0 fully saturated rings. The largest absolute Gasteiger partial charge is 0.289 e. The van der Waals surface area contributed by atoms with Gasteiger partial charge in [-0.1, -0.05) is 220 Å². The first-order valence-electron chi connectivity index (χ1n) is 27.3. The van der Waals surface area contributed by atoms with Crippen molar-refractivity contribution in [3.63, 3.8) is 0 Å². The number of fused-ring (bicyclic) bond motifs is 6. The molecule has 354 valence electrons. The second kappa shape index (κ2) is 30.1. The van der Waals surface area contributed by atoms with E-state index >= 15 is 0 Å². The highest BCUT2D eigenvalue weighted by Gasteiger charge is 2.26. The van der Waals surface area contributed by atoms with E-state index < -0.39 is 0 Å². The molecule has 0 heterocycles. The molecular formula is C60H88I2O2. The van der Waals surface area contributed by atoms with E-state index in [9.17, 15) is 9.59 Å². The summed E-state index contributed by atoms with van der Waals surface area (Å²) in [6.07, 6.45) is 46.3. The molecule has 0 spiro atoms. The van der Waals surface area contributed by atoms with Crippen molar-refractivity contribution in [3.8, 4) is 0 Å². The fourth-order valence-corrected chi connectivity index (χ4v) is 12.9. The molecule has 2 nitrogen and oxygen atoms in total. The van der Waals surface area contributed by atoms with Crippen LogP contribution in [0.1, 0.15) is 255 Å². The summed E-state index contributed by atoms with van der Waals surface area (Å²) in [6, 6.07) is 9.40. The number of aryl methyl sites for hydroxylation is 4. The third kappa shape index (κ3) is 15.2. The van der Waals surface area contributed by atoms with Crippen LogP contribution in [0.25, 0.3) is 43.1 Å². The van der Waals surface area contributed by atoms with Crippen LogP contribution in [-0.2, 0) is 25.7 Å². The average Bonchev–Trinajstić information content (AvgIpc) is 3.75. The summed E-state index contributed by atoms with van der Waals surface area (Å²) in [5.74, 6) is 0. The Bertz CT molecular complexity index is 2060. The van der Waals surface area contributed by atoms with Gasteiger partial charge in [0.15, 0.2) is 10.9 Å². The zero-order valence-electron chi connectivity index (χ0n) is 41.3. The lowest BCUT2D eigenvalue weighted by Gasteiger charge is -2.12. The summed E-state index contributed by atoms with van der Waals surface area (Å²) in [5, 5.41) is 7.63. The number of hydrogen-bond acceptors (Lipinski definition) is 2. The van der Waals surface area contributed by atoms with E-state index in [0.717, 1.165) is 75.9 Å². The number of unbranched alkanes of at least 4 members (excludes halogenated alkanes) is 28.